The monoisotopic (exact) mass is 350 g/mol. The lowest BCUT2D eigenvalue weighted by molar-refractivity contribution is 0.625. The van der Waals surface area contributed by atoms with Crippen LogP contribution in [0.5, 0.6) is 0 Å². The Kier molecular flexibility index (Phi) is 4.35. The Bertz CT molecular complexity index is 965. The molecule has 0 saturated heterocycles. The van der Waals surface area contributed by atoms with E-state index < -0.39 is 0 Å². The van der Waals surface area contributed by atoms with Crippen molar-refractivity contribution in [3.8, 4) is 10.6 Å². The van der Waals surface area contributed by atoms with Crippen LogP contribution in [-0.2, 0) is 6.42 Å². The number of benzene rings is 2. The summed E-state index contributed by atoms with van der Waals surface area (Å²) in [6, 6.07) is 14.6. The minimum atomic E-state index is -0.214. The Labute approximate surface area is 148 Å². The first kappa shape index (κ1) is 15.7. The molecule has 0 bridgehead atoms. The minimum absolute atomic E-state index is 0.214. The summed E-state index contributed by atoms with van der Waals surface area (Å²) in [7, 11) is 0. The summed E-state index contributed by atoms with van der Waals surface area (Å²) in [5.74, 6) is 0.343. The molecule has 0 spiro atoms. The molecule has 0 saturated carbocycles. The number of anilines is 1. The van der Waals surface area contributed by atoms with Gasteiger partial charge in [-0.25, -0.2) is 19.3 Å². The molecule has 0 atom stereocenters. The molecule has 0 aliphatic rings. The number of fused-ring (bicyclic) bond motifs is 1. The van der Waals surface area contributed by atoms with Crippen LogP contribution in [0.25, 0.3) is 20.8 Å². The Balaban J connectivity index is 1.41. The second-order valence-electron chi connectivity index (χ2n) is 5.59. The molecule has 0 aliphatic heterocycles. The molecule has 0 radical (unpaired) electrons. The second-order valence-corrected chi connectivity index (χ2v) is 6.62. The lowest BCUT2D eigenvalue weighted by Gasteiger charge is -2.05. The highest BCUT2D eigenvalue weighted by atomic mass is 32.1. The van der Waals surface area contributed by atoms with Crippen LogP contribution in [0.2, 0.25) is 0 Å². The van der Waals surface area contributed by atoms with Crippen molar-refractivity contribution in [2.75, 3.05) is 11.9 Å². The van der Waals surface area contributed by atoms with Crippen LogP contribution in [0.3, 0.4) is 0 Å². The van der Waals surface area contributed by atoms with Gasteiger partial charge in [0.05, 0.1) is 10.2 Å². The largest absolute Gasteiger partial charge is 0.354 e. The van der Waals surface area contributed by atoms with Crippen molar-refractivity contribution in [2.24, 2.45) is 0 Å². The summed E-state index contributed by atoms with van der Waals surface area (Å²) >= 11 is 1.63. The van der Waals surface area contributed by atoms with Gasteiger partial charge in [0, 0.05) is 24.5 Å². The molecule has 0 unspecified atom stereocenters. The molecule has 6 heteroatoms. The molecule has 4 aromatic rings. The van der Waals surface area contributed by atoms with E-state index in [9.17, 15) is 4.39 Å². The van der Waals surface area contributed by atoms with Gasteiger partial charge >= 0.3 is 0 Å². The summed E-state index contributed by atoms with van der Waals surface area (Å²) in [4.78, 5) is 13.3. The van der Waals surface area contributed by atoms with Crippen LogP contribution < -0.4 is 5.32 Å². The maximum absolute atomic E-state index is 13.1. The Hall–Kier alpha value is -2.86. The van der Waals surface area contributed by atoms with E-state index in [0.29, 0.717) is 18.9 Å². The minimum Gasteiger partial charge on any atom is -0.354 e. The third-order valence-corrected chi connectivity index (χ3v) is 4.86. The quantitative estimate of drug-likeness (QED) is 0.574. The van der Waals surface area contributed by atoms with Crippen LogP contribution in [0.15, 0.2) is 60.9 Å². The van der Waals surface area contributed by atoms with E-state index in [-0.39, 0.29) is 5.82 Å². The van der Waals surface area contributed by atoms with E-state index in [1.807, 2.05) is 24.3 Å². The maximum Gasteiger partial charge on any atom is 0.222 e. The molecule has 2 aromatic heterocycles. The van der Waals surface area contributed by atoms with Gasteiger partial charge < -0.3 is 5.32 Å². The Morgan fingerprint density at radius 1 is 1.00 bits per heavy atom. The molecule has 2 heterocycles. The van der Waals surface area contributed by atoms with Crippen molar-refractivity contribution in [2.45, 2.75) is 6.42 Å². The first-order valence-electron chi connectivity index (χ1n) is 7.94. The van der Waals surface area contributed by atoms with Gasteiger partial charge in [0.1, 0.15) is 10.8 Å². The van der Waals surface area contributed by atoms with E-state index >= 15 is 0 Å². The van der Waals surface area contributed by atoms with E-state index in [2.05, 4.69) is 26.3 Å². The van der Waals surface area contributed by atoms with Gasteiger partial charge in [-0.05, 0) is 36.2 Å². The molecule has 0 aliphatic carbocycles. The van der Waals surface area contributed by atoms with Gasteiger partial charge in [-0.15, -0.1) is 11.3 Å². The van der Waals surface area contributed by atoms with Crippen molar-refractivity contribution >= 4 is 27.5 Å². The number of hydrogen-bond donors (Lipinski definition) is 1. The van der Waals surface area contributed by atoms with E-state index in [1.54, 1.807) is 35.9 Å². The SMILES string of the molecule is Fc1cccc(CCNc2ncc(-c3nc4ccccc4s3)cn2)c1. The Morgan fingerprint density at radius 2 is 1.84 bits per heavy atom. The highest BCUT2D eigenvalue weighted by Gasteiger charge is 2.07. The van der Waals surface area contributed by atoms with Gasteiger partial charge in [-0.2, -0.15) is 0 Å². The summed E-state index contributed by atoms with van der Waals surface area (Å²) < 4.78 is 14.3. The van der Waals surface area contributed by atoms with E-state index in [0.717, 1.165) is 26.4 Å². The fraction of sp³-hybridized carbons (Fsp3) is 0.105. The summed E-state index contributed by atoms with van der Waals surface area (Å²) in [6.07, 6.45) is 4.26. The first-order valence-corrected chi connectivity index (χ1v) is 8.76. The zero-order chi connectivity index (χ0) is 17.1. The highest BCUT2D eigenvalue weighted by Crippen LogP contribution is 2.29. The lowest BCUT2D eigenvalue weighted by Crippen LogP contribution is -2.07. The summed E-state index contributed by atoms with van der Waals surface area (Å²) in [5.41, 5.74) is 2.83. The molecule has 2 aromatic carbocycles. The summed E-state index contributed by atoms with van der Waals surface area (Å²) in [5, 5.41) is 4.07. The van der Waals surface area contributed by atoms with Gasteiger partial charge in [0.2, 0.25) is 5.95 Å². The third kappa shape index (κ3) is 3.64. The number of nitrogens with zero attached hydrogens (tertiary/aromatic N) is 3. The number of halogens is 1. The van der Waals surface area contributed by atoms with Crippen LogP contribution >= 0.6 is 11.3 Å². The van der Waals surface area contributed by atoms with Crippen molar-refractivity contribution in [3.63, 3.8) is 0 Å². The molecule has 4 nitrogen and oxygen atoms in total. The van der Waals surface area contributed by atoms with Gasteiger partial charge in [-0.3, -0.25) is 0 Å². The van der Waals surface area contributed by atoms with Crippen molar-refractivity contribution in [3.05, 3.63) is 72.3 Å². The van der Waals surface area contributed by atoms with Crippen LogP contribution in [0.1, 0.15) is 5.56 Å². The molecule has 4 rings (SSSR count). The van der Waals surface area contributed by atoms with Crippen molar-refractivity contribution in [1.29, 1.82) is 0 Å². The van der Waals surface area contributed by atoms with Crippen molar-refractivity contribution in [1.82, 2.24) is 15.0 Å². The number of thiazole rings is 1. The van der Waals surface area contributed by atoms with Crippen LogP contribution in [0.4, 0.5) is 10.3 Å². The van der Waals surface area contributed by atoms with Gasteiger partial charge in [0.15, 0.2) is 0 Å². The molecule has 25 heavy (non-hydrogen) atoms. The molecule has 0 fully saturated rings. The number of nitrogens with one attached hydrogen (secondary N) is 1. The molecule has 124 valence electrons. The standard InChI is InChI=1S/C19H15FN4S/c20-15-5-3-4-13(10-15)8-9-21-19-22-11-14(12-23-19)18-24-16-6-1-2-7-17(16)25-18/h1-7,10-12H,8-9H2,(H,21,22,23). The summed E-state index contributed by atoms with van der Waals surface area (Å²) in [6.45, 7) is 0.643. The lowest BCUT2D eigenvalue weighted by atomic mass is 10.1. The average Bonchev–Trinajstić information content (AvgIpc) is 3.06. The maximum atomic E-state index is 13.1. The molecular formula is C19H15FN4S. The zero-order valence-electron chi connectivity index (χ0n) is 13.3. The highest BCUT2D eigenvalue weighted by molar-refractivity contribution is 7.21. The van der Waals surface area contributed by atoms with E-state index in [4.69, 9.17) is 0 Å². The number of para-hydroxylation sites is 1. The normalized spacial score (nSPS) is 10.9. The fourth-order valence-corrected chi connectivity index (χ4v) is 3.48. The second kappa shape index (κ2) is 6.94. The molecule has 1 N–H and O–H groups in total. The van der Waals surface area contributed by atoms with Crippen molar-refractivity contribution < 1.29 is 4.39 Å². The number of rotatable bonds is 5. The topological polar surface area (TPSA) is 50.7 Å². The molecular weight excluding hydrogens is 335 g/mol. The number of hydrogen-bond acceptors (Lipinski definition) is 5. The fourth-order valence-electron chi connectivity index (χ4n) is 2.54. The van der Waals surface area contributed by atoms with E-state index in [1.165, 1.54) is 6.07 Å². The Morgan fingerprint density at radius 3 is 2.64 bits per heavy atom. The zero-order valence-corrected chi connectivity index (χ0v) is 14.1. The molecule has 0 amide bonds. The van der Waals surface area contributed by atoms with Crippen LogP contribution in [0, 0.1) is 5.82 Å². The third-order valence-electron chi connectivity index (χ3n) is 3.78. The average molecular weight is 350 g/mol. The smallest absolute Gasteiger partial charge is 0.222 e. The first-order chi connectivity index (χ1) is 12.3. The number of aromatic nitrogens is 3. The van der Waals surface area contributed by atoms with Gasteiger partial charge in [-0.1, -0.05) is 24.3 Å². The van der Waals surface area contributed by atoms with Crippen LogP contribution in [-0.4, -0.2) is 21.5 Å². The predicted octanol–water partition coefficient (Wildman–Crippen LogP) is 4.55. The van der Waals surface area contributed by atoms with Gasteiger partial charge in [0.25, 0.3) is 0 Å². The predicted molar refractivity (Wildman–Crippen MR) is 99.2 cm³/mol.